The van der Waals surface area contributed by atoms with Gasteiger partial charge in [0, 0.05) is 31.2 Å². The first-order valence-electron chi connectivity index (χ1n) is 11.0. The highest BCUT2D eigenvalue weighted by molar-refractivity contribution is 5.98. The van der Waals surface area contributed by atoms with Crippen molar-refractivity contribution in [1.29, 1.82) is 0 Å². The second-order valence-electron chi connectivity index (χ2n) is 8.47. The number of nitrogens with one attached hydrogen (secondary N) is 1. The van der Waals surface area contributed by atoms with Crippen molar-refractivity contribution in [2.75, 3.05) is 11.4 Å². The van der Waals surface area contributed by atoms with Crippen LogP contribution in [0.2, 0.25) is 0 Å². The van der Waals surface area contributed by atoms with Crippen molar-refractivity contribution in [3.63, 3.8) is 0 Å². The van der Waals surface area contributed by atoms with Gasteiger partial charge in [0.15, 0.2) is 0 Å². The van der Waals surface area contributed by atoms with Crippen molar-refractivity contribution in [1.82, 2.24) is 15.3 Å². The van der Waals surface area contributed by atoms with Gasteiger partial charge in [-0.3, -0.25) is 9.78 Å². The van der Waals surface area contributed by atoms with E-state index in [1.54, 1.807) is 0 Å². The topological polar surface area (TPSA) is 58.1 Å². The van der Waals surface area contributed by atoms with Gasteiger partial charge in [-0.1, -0.05) is 42.0 Å². The van der Waals surface area contributed by atoms with Crippen LogP contribution in [0.5, 0.6) is 0 Å². The number of carbonyl (C=O) groups excluding carboxylic acids is 1. The Bertz CT molecular complexity index is 1300. The standard InChI is InChI=1S/C27H26N4O/c1-18-7-9-25-23(13-18)14-24(19(2)30-25)27(32)29-16-20-8-10-26(28-15-20)31-12-11-21-5-3-4-6-22(21)17-31/h3-10,13-15H,11-12,16-17H2,1-2H3,(H,29,32). The molecule has 0 atom stereocenters. The van der Waals surface area contributed by atoms with E-state index in [0.717, 1.165) is 53.1 Å². The van der Waals surface area contributed by atoms with Crippen molar-refractivity contribution in [3.8, 4) is 0 Å². The van der Waals surface area contributed by atoms with Gasteiger partial charge in [0.1, 0.15) is 5.82 Å². The highest BCUT2D eigenvalue weighted by atomic mass is 16.1. The van der Waals surface area contributed by atoms with Crippen LogP contribution in [-0.4, -0.2) is 22.4 Å². The van der Waals surface area contributed by atoms with Gasteiger partial charge in [-0.15, -0.1) is 0 Å². The molecule has 0 fully saturated rings. The maximum absolute atomic E-state index is 12.8. The highest BCUT2D eigenvalue weighted by Crippen LogP contribution is 2.23. The fraction of sp³-hybridized carbons (Fsp3) is 0.222. The molecule has 2 aromatic heterocycles. The Kier molecular flexibility index (Phi) is 5.31. The molecule has 0 bridgehead atoms. The minimum Gasteiger partial charge on any atom is -0.352 e. The Morgan fingerprint density at radius 2 is 1.88 bits per heavy atom. The van der Waals surface area contributed by atoms with Crippen molar-refractivity contribution in [2.24, 2.45) is 0 Å². The first-order chi connectivity index (χ1) is 15.6. The SMILES string of the molecule is Cc1ccc2nc(C)c(C(=O)NCc3ccc(N4CCc5ccccc5C4)nc3)cc2c1. The summed E-state index contributed by atoms with van der Waals surface area (Å²) in [7, 11) is 0. The van der Waals surface area contributed by atoms with Gasteiger partial charge in [-0.05, 0) is 61.2 Å². The third kappa shape index (κ3) is 4.06. The van der Waals surface area contributed by atoms with Crippen LogP contribution in [0.1, 0.15) is 38.3 Å². The van der Waals surface area contributed by atoms with E-state index >= 15 is 0 Å². The lowest BCUT2D eigenvalue weighted by Gasteiger charge is -2.29. The van der Waals surface area contributed by atoms with E-state index in [4.69, 9.17) is 0 Å². The number of rotatable bonds is 4. The molecule has 0 aliphatic carbocycles. The zero-order chi connectivity index (χ0) is 22.1. The Hall–Kier alpha value is -3.73. The molecule has 1 aliphatic heterocycles. The number of hydrogen-bond acceptors (Lipinski definition) is 4. The summed E-state index contributed by atoms with van der Waals surface area (Å²) in [5, 5.41) is 4.00. The molecule has 0 unspecified atom stereocenters. The van der Waals surface area contributed by atoms with Crippen LogP contribution in [0.4, 0.5) is 5.82 Å². The van der Waals surface area contributed by atoms with Crippen molar-refractivity contribution in [3.05, 3.63) is 100 Å². The normalized spacial score (nSPS) is 13.1. The second-order valence-corrected chi connectivity index (χ2v) is 8.47. The summed E-state index contributed by atoms with van der Waals surface area (Å²) in [6.07, 6.45) is 2.89. The number of nitrogens with zero attached hydrogens (tertiary/aromatic N) is 3. The lowest BCUT2D eigenvalue weighted by molar-refractivity contribution is 0.0950. The van der Waals surface area contributed by atoms with Crippen LogP contribution in [0.25, 0.3) is 10.9 Å². The molecule has 0 saturated carbocycles. The predicted molar refractivity (Wildman–Crippen MR) is 128 cm³/mol. The zero-order valence-corrected chi connectivity index (χ0v) is 18.4. The summed E-state index contributed by atoms with van der Waals surface area (Å²) >= 11 is 0. The molecule has 5 rings (SSSR count). The largest absolute Gasteiger partial charge is 0.352 e. The quantitative estimate of drug-likeness (QED) is 0.516. The summed E-state index contributed by atoms with van der Waals surface area (Å²) < 4.78 is 0. The van der Waals surface area contributed by atoms with Crippen LogP contribution in [0.3, 0.4) is 0 Å². The average Bonchev–Trinajstić information content (AvgIpc) is 2.82. The van der Waals surface area contributed by atoms with E-state index in [-0.39, 0.29) is 5.91 Å². The fourth-order valence-electron chi connectivity index (χ4n) is 4.30. The molecule has 3 heterocycles. The van der Waals surface area contributed by atoms with Crippen LogP contribution < -0.4 is 10.2 Å². The number of fused-ring (bicyclic) bond motifs is 2. The Balaban J connectivity index is 1.25. The molecule has 1 amide bonds. The number of aromatic nitrogens is 2. The number of hydrogen-bond donors (Lipinski definition) is 1. The number of pyridine rings is 2. The van der Waals surface area contributed by atoms with Gasteiger partial charge >= 0.3 is 0 Å². The van der Waals surface area contributed by atoms with Gasteiger partial charge in [-0.25, -0.2) is 4.98 Å². The molecule has 32 heavy (non-hydrogen) atoms. The molecule has 0 radical (unpaired) electrons. The Morgan fingerprint density at radius 1 is 1.03 bits per heavy atom. The molecular weight excluding hydrogens is 396 g/mol. The summed E-state index contributed by atoms with van der Waals surface area (Å²) in [5.41, 5.74) is 7.17. The number of amides is 1. The molecule has 1 aliphatic rings. The smallest absolute Gasteiger partial charge is 0.253 e. The van der Waals surface area contributed by atoms with E-state index in [2.05, 4.69) is 50.5 Å². The number of carbonyl (C=O) groups is 1. The first kappa shape index (κ1) is 20.2. The first-order valence-corrected chi connectivity index (χ1v) is 11.0. The summed E-state index contributed by atoms with van der Waals surface area (Å²) in [6, 6.07) is 20.7. The van der Waals surface area contributed by atoms with Crippen LogP contribution >= 0.6 is 0 Å². The van der Waals surface area contributed by atoms with Crippen LogP contribution in [-0.2, 0) is 19.5 Å². The van der Waals surface area contributed by atoms with E-state index in [0.29, 0.717) is 12.1 Å². The molecule has 0 spiro atoms. The third-order valence-electron chi connectivity index (χ3n) is 6.12. The highest BCUT2D eigenvalue weighted by Gasteiger charge is 2.17. The van der Waals surface area contributed by atoms with Crippen LogP contribution in [0.15, 0.2) is 66.9 Å². The van der Waals surface area contributed by atoms with Gasteiger partial charge in [0.2, 0.25) is 0 Å². The minimum atomic E-state index is -0.116. The molecule has 5 nitrogen and oxygen atoms in total. The maximum Gasteiger partial charge on any atom is 0.253 e. The summed E-state index contributed by atoms with van der Waals surface area (Å²) in [6.45, 7) is 6.20. The predicted octanol–water partition coefficient (Wildman–Crippen LogP) is 4.74. The lowest BCUT2D eigenvalue weighted by atomic mass is 10.00. The number of benzene rings is 2. The minimum absolute atomic E-state index is 0.116. The van der Waals surface area contributed by atoms with Crippen molar-refractivity contribution in [2.45, 2.75) is 33.4 Å². The molecule has 5 heteroatoms. The molecule has 0 saturated heterocycles. The van der Waals surface area contributed by atoms with Crippen molar-refractivity contribution < 1.29 is 4.79 Å². The van der Waals surface area contributed by atoms with E-state index in [1.165, 1.54) is 11.1 Å². The fourth-order valence-corrected chi connectivity index (χ4v) is 4.30. The van der Waals surface area contributed by atoms with Gasteiger partial charge in [0.25, 0.3) is 5.91 Å². The Labute approximate surface area is 188 Å². The summed E-state index contributed by atoms with van der Waals surface area (Å²) in [4.78, 5) is 24.4. The van der Waals surface area contributed by atoms with E-state index in [9.17, 15) is 4.79 Å². The number of aryl methyl sites for hydroxylation is 2. The molecular formula is C27H26N4O. The lowest BCUT2D eigenvalue weighted by Crippen LogP contribution is -2.31. The van der Waals surface area contributed by atoms with Crippen molar-refractivity contribution >= 4 is 22.6 Å². The van der Waals surface area contributed by atoms with Gasteiger partial charge in [0.05, 0.1) is 16.8 Å². The van der Waals surface area contributed by atoms with Gasteiger partial charge in [-0.2, -0.15) is 0 Å². The molecule has 160 valence electrons. The number of anilines is 1. The monoisotopic (exact) mass is 422 g/mol. The maximum atomic E-state index is 12.8. The third-order valence-corrected chi connectivity index (χ3v) is 6.12. The molecule has 4 aromatic rings. The Morgan fingerprint density at radius 3 is 2.69 bits per heavy atom. The summed E-state index contributed by atoms with van der Waals surface area (Å²) in [5.74, 6) is 0.856. The second kappa shape index (κ2) is 8.42. The molecule has 1 N–H and O–H groups in total. The van der Waals surface area contributed by atoms with Crippen LogP contribution in [0, 0.1) is 13.8 Å². The van der Waals surface area contributed by atoms with E-state index in [1.807, 2.05) is 50.4 Å². The average molecular weight is 423 g/mol. The van der Waals surface area contributed by atoms with Gasteiger partial charge < -0.3 is 10.2 Å². The zero-order valence-electron chi connectivity index (χ0n) is 18.4. The van der Waals surface area contributed by atoms with E-state index < -0.39 is 0 Å². The molecule has 2 aromatic carbocycles.